The normalized spacial score (nSPS) is 19.0. The van der Waals surface area contributed by atoms with Crippen LogP contribution in [0, 0.1) is 10.1 Å². The van der Waals surface area contributed by atoms with Gasteiger partial charge in [-0.3, -0.25) is 14.9 Å². The number of nitrogens with one attached hydrogen (secondary N) is 2. The fraction of sp³-hybridized carbons (Fsp3) is 0.417. The highest BCUT2D eigenvalue weighted by molar-refractivity contribution is 9.10. The highest BCUT2D eigenvalue weighted by Crippen LogP contribution is 2.21. The van der Waals surface area contributed by atoms with Crippen molar-refractivity contribution >= 4 is 27.5 Å². The second kappa shape index (κ2) is 6.12. The van der Waals surface area contributed by atoms with Crippen LogP contribution in [0.4, 0.5) is 5.69 Å². The van der Waals surface area contributed by atoms with Gasteiger partial charge in [0.15, 0.2) is 0 Å². The van der Waals surface area contributed by atoms with Gasteiger partial charge in [-0.15, -0.1) is 0 Å². The topological polar surface area (TPSA) is 84.3 Å². The zero-order chi connectivity index (χ0) is 13.8. The second-order valence-electron chi connectivity index (χ2n) is 4.50. The number of hydrogen-bond donors (Lipinski definition) is 2. The molecular formula is C12H14BrN3O3. The molecule has 0 aliphatic carbocycles. The van der Waals surface area contributed by atoms with Gasteiger partial charge in [-0.2, -0.15) is 0 Å². The molecule has 6 nitrogen and oxygen atoms in total. The Morgan fingerprint density at radius 1 is 1.47 bits per heavy atom. The maximum atomic E-state index is 11.0. The van der Waals surface area contributed by atoms with Gasteiger partial charge in [0.2, 0.25) is 5.91 Å². The van der Waals surface area contributed by atoms with Crippen molar-refractivity contribution in [1.29, 1.82) is 0 Å². The first-order valence-corrected chi connectivity index (χ1v) is 6.78. The van der Waals surface area contributed by atoms with Crippen LogP contribution in [0.2, 0.25) is 0 Å². The van der Waals surface area contributed by atoms with Crippen molar-refractivity contribution in [2.45, 2.75) is 25.4 Å². The molecule has 0 spiro atoms. The van der Waals surface area contributed by atoms with Crippen LogP contribution in [0.25, 0.3) is 0 Å². The van der Waals surface area contributed by atoms with Crippen molar-refractivity contribution < 1.29 is 9.72 Å². The van der Waals surface area contributed by atoms with E-state index in [0.717, 1.165) is 12.0 Å². The number of carbonyl (C=O) groups is 1. The molecule has 1 aliphatic rings. The van der Waals surface area contributed by atoms with Crippen LogP contribution in [0.5, 0.6) is 0 Å². The maximum absolute atomic E-state index is 11.0. The summed E-state index contributed by atoms with van der Waals surface area (Å²) in [6.45, 7) is 1.15. The highest BCUT2D eigenvalue weighted by Gasteiger charge is 2.17. The predicted molar refractivity (Wildman–Crippen MR) is 73.7 cm³/mol. The number of amides is 1. The van der Waals surface area contributed by atoms with Crippen molar-refractivity contribution in [1.82, 2.24) is 10.6 Å². The summed E-state index contributed by atoms with van der Waals surface area (Å²) < 4.78 is 0.690. The molecule has 7 heteroatoms. The van der Waals surface area contributed by atoms with E-state index < -0.39 is 4.92 Å². The van der Waals surface area contributed by atoms with Crippen molar-refractivity contribution in [2.75, 3.05) is 6.54 Å². The van der Waals surface area contributed by atoms with Gasteiger partial charge in [0.05, 0.1) is 4.92 Å². The number of nitrogens with zero attached hydrogens (tertiary/aromatic N) is 1. The molecule has 2 rings (SSSR count). The van der Waals surface area contributed by atoms with Gasteiger partial charge in [0, 0.05) is 42.2 Å². The van der Waals surface area contributed by atoms with Crippen molar-refractivity contribution in [2.24, 2.45) is 0 Å². The van der Waals surface area contributed by atoms with Crippen LogP contribution in [0.3, 0.4) is 0 Å². The van der Waals surface area contributed by atoms with E-state index in [1.165, 1.54) is 6.07 Å². The maximum Gasteiger partial charge on any atom is 0.270 e. The van der Waals surface area contributed by atoms with Gasteiger partial charge in [-0.05, 0) is 18.1 Å². The molecule has 0 saturated carbocycles. The Kier molecular flexibility index (Phi) is 4.49. The molecule has 19 heavy (non-hydrogen) atoms. The van der Waals surface area contributed by atoms with Crippen LogP contribution in [0.15, 0.2) is 22.7 Å². The zero-order valence-corrected chi connectivity index (χ0v) is 11.8. The Hall–Kier alpha value is -1.47. The molecule has 102 valence electrons. The van der Waals surface area contributed by atoms with Gasteiger partial charge in [-0.1, -0.05) is 15.9 Å². The van der Waals surface area contributed by atoms with E-state index in [0.29, 0.717) is 24.0 Å². The van der Waals surface area contributed by atoms with E-state index in [4.69, 9.17) is 0 Å². The molecule has 2 N–H and O–H groups in total. The summed E-state index contributed by atoms with van der Waals surface area (Å²) in [5, 5.41) is 16.8. The van der Waals surface area contributed by atoms with E-state index in [-0.39, 0.29) is 17.6 Å². The lowest BCUT2D eigenvalue weighted by Crippen LogP contribution is -2.45. The first-order valence-electron chi connectivity index (χ1n) is 5.98. The second-order valence-corrected chi connectivity index (χ2v) is 5.41. The van der Waals surface area contributed by atoms with E-state index in [1.54, 1.807) is 6.07 Å². The number of halogens is 1. The Balaban J connectivity index is 1.95. The Labute approximate surface area is 118 Å². The van der Waals surface area contributed by atoms with Crippen LogP contribution in [0.1, 0.15) is 18.4 Å². The van der Waals surface area contributed by atoms with Gasteiger partial charge in [-0.25, -0.2) is 0 Å². The molecule has 1 fully saturated rings. The molecule has 0 radical (unpaired) electrons. The molecule has 1 saturated heterocycles. The minimum absolute atomic E-state index is 0.0723. The zero-order valence-electron chi connectivity index (χ0n) is 10.2. The molecule has 0 aromatic heterocycles. The number of hydrogen-bond acceptors (Lipinski definition) is 4. The lowest BCUT2D eigenvalue weighted by molar-refractivity contribution is -0.385. The third-order valence-electron chi connectivity index (χ3n) is 3.01. The molecule has 1 unspecified atom stereocenters. The predicted octanol–water partition coefficient (Wildman–Crippen LogP) is 1.73. The van der Waals surface area contributed by atoms with E-state index in [9.17, 15) is 14.9 Å². The van der Waals surface area contributed by atoms with Gasteiger partial charge >= 0.3 is 0 Å². The molecule has 0 bridgehead atoms. The fourth-order valence-corrected chi connectivity index (χ4v) is 2.54. The highest BCUT2D eigenvalue weighted by atomic mass is 79.9. The number of rotatable bonds is 4. The van der Waals surface area contributed by atoms with E-state index in [1.807, 2.05) is 6.07 Å². The summed E-state index contributed by atoms with van der Waals surface area (Å²) in [5.74, 6) is 0.0798. The third-order valence-corrected chi connectivity index (χ3v) is 3.47. The first-order chi connectivity index (χ1) is 9.04. The minimum Gasteiger partial charge on any atom is -0.355 e. The average Bonchev–Trinajstić information content (AvgIpc) is 2.37. The summed E-state index contributed by atoms with van der Waals surface area (Å²) >= 11 is 3.27. The van der Waals surface area contributed by atoms with E-state index >= 15 is 0 Å². The lowest BCUT2D eigenvalue weighted by Gasteiger charge is -2.23. The summed E-state index contributed by atoms with van der Waals surface area (Å²) in [6.07, 6.45) is 1.32. The van der Waals surface area contributed by atoms with Gasteiger partial charge < -0.3 is 10.6 Å². The number of benzene rings is 1. The van der Waals surface area contributed by atoms with Crippen LogP contribution >= 0.6 is 15.9 Å². The minimum atomic E-state index is -0.408. The van der Waals surface area contributed by atoms with Crippen LogP contribution < -0.4 is 10.6 Å². The number of nitro groups is 1. The lowest BCUT2D eigenvalue weighted by atomic mass is 10.1. The number of carbonyl (C=O) groups excluding carboxylic acids is 1. The first kappa shape index (κ1) is 14.0. The molecule has 1 amide bonds. The Morgan fingerprint density at radius 2 is 2.26 bits per heavy atom. The standard InChI is InChI=1S/C12H14BrN3O3/c13-9-3-8(4-11(5-9)16(18)19)6-14-10-1-2-12(17)15-7-10/h3-5,10,14H,1-2,6-7H2,(H,15,17). The van der Waals surface area contributed by atoms with Crippen molar-refractivity contribution in [3.63, 3.8) is 0 Å². The summed E-state index contributed by atoms with van der Waals surface area (Å²) in [4.78, 5) is 21.4. The fourth-order valence-electron chi connectivity index (χ4n) is 2.01. The smallest absolute Gasteiger partial charge is 0.270 e. The average molecular weight is 328 g/mol. The summed E-state index contributed by atoms with van der Waals surface area (Å²) in [6, 6.07) is 5.10. The van der Waals surface area contributed by atoms with Gasteiger partial charge in [0.1, 0.15) is 0 Å². The quantitative estimate of drug-likeness (QED) is 0.651. The number of nitro benzene ring substituents is 1. The van der Waals surface area contributed by atoms with Crippen LogP contribution in [-0.4, -0.2) is 23.4 Å². The number of piperidine rings is 1. The molecule has 1 heterocycles. The van der Waals surface area contributed by atoms with E-state index in [2.05, 4.69) is 26.6 Å². The SMILES string of the molecule is O=C1CCC(NCc2cc(Br)cc([N+](=O)[O-])c2)CN1. The van der Waals surface area contributed by atoms with Crippen molar-refractivity contribution in [3.05, 3.63) is 38.3 Å². The summed E-state index contributed by atoms with van der Waals surface area (Å²) in [7, 11) is 0. The molecule has 1 aromatic rings. The van der Waals surface area contributed by atoms with Crippen LogP contribution in [-0.2, 0) is 11.3 Å². The molecule has 1 atom stereocenters. The monoisotopic (exact) mass is 327 g/mol. The number of non-ortho nitro benzene ring substituents is 1. The third kappa shape index (κ3) is 4.00. The summed E-state index contributed by atoms with van der Waals surface area (Å²) in [5.41, 5.74) is 0.918. The Bertz CT molecular complexity index is 497. The molecule has 1 aromatic carbocycles. The largest absolute Gasteiger partial charge is 0.355 e. The van der Waals surface area contributed by atoms with Gasteiger partial charge in [0.25, 0.3) is 5.69 Å². The molecule has 1 aliphatic heterocycles. The Morgan fingerprint density at radius 3 is 2.89 bits per heavy atom. The molecular weight excluding hydrogens is 314 g/mol. The van der Waals surface area contributed by atoms with Crippen molar-refractivity contribution in [3.8, 4) is 0 Å².